The second kappa shape index (κ2) is 71.6. The number of esters is 2. The maximum Gasteiger partial charge on any atom is 0.472 e. The summed E-state index contributed by atoms with van der Waals surface area (Å²) < 4.78 is 33.2. The van der Waals surface area contributed by atoms with Crippen molar-refractivity contribution in [3.05, 3.63) is 24.3 Å². The van der Waals surface area contributed by atoms with Crippen LogP contribution in [0.25, 0.3) is 0 Å². The van der Waals surface area contributed by atoms with Crippen LogP contribution in [0.15, 0.2) is 24.3 Å². The van der Waals surface area contributed by atoms with Crippen LogP contribution in [0.2, 0.25) is 0 Å². The Morgan fingerprint density at radius 2 is 0.612 bits per heavy atom. The summed E-state index contributed by atoms with van der Waals surface area (Å²) in [5.74, 6) is -0.800. The molecule has 0 aromatic heterocycles. The van der Waals surface area contributed by atoms with E-state index in [9.17, 15) is 19.0 Å². The minimum Gasteiger partial charge on any atom is -0.462 e. The molecule has 0 saturated heterocycles. The number of hydrogen-bond acceptors (Lipinski definition) is 8. The summed E-state index contributed by atoms with van der Waals surface area (Å²) in [5, 5.41) is 0. The number of phosphoric acid groups is 1. The molecule has 0 heterocycles. The lowest BCUT2D eigenvalue weighted by molar-refractivity contribution is -0.161. The topological polar surface area (TPSA) is 134 Å². The van der Waals surface area contributed by atoms with Crippen LogP contribution < -0.4 is 5.73 Å². The highest BCUT2D eigenvalue weighted by Crippen LogP contribution is 2.43. The third-order valence-electron chi connectivity index (χ3n) is 17.3. The first-order chi connectivity index (χ1) is 41.8. The molecule has 0 saturated carbocycles. The van der Waals surface area contributed by atoms with Crippen molar-refractivity contribution in [3.8, 4) is 0 Å². The molecule has 0 aliphatic carbocycles. The molecule has 2 atom stereocenters. The fraction of sp³-hybridized carbons (Fsp3) is 0.920. The first-order valence-electron chi connectivity index (χ1n) is 37.8. The lowest BCUT2D eigenvalue weighted by atomic mass is 10.0. The van der Waals surface area contributed by atoms with E-state index >= 15 is 0 Å². The Kier molecular flexibility index (Phi) is 70.3. The zero-order valence-electron chi connectivity index (χ0n) is 56.9. The van der Waals surface area contributed by atoms with Crippen molar-refractivity contribution in [3.63, 3.8) is 0 Å². The summed E-state index contributed by atoms with van der Waals surface area (Å²) in [6, 6.07) is 0. The maximum absolute atomic E-state index is 12.8. The van der Waals surface area contributed by atoms with Crippen LogP contribution in [0.5, 0.6) is 0 Å². The highest BCUT2D eigenvalue weighted by molar-refractivity contribution is 7.47. The van der Waals surface area contributed by atoms with Gasteiger partial charge in [-0.15, -0.1) is 0 Å². The second-order valence-corrected chi connectivity index (χ2v) is 27.3. The molecule has 10 heteroatoms. The SMILES string of the molecule is CCCCCCC/C=C\C/C=C\CCCCCCCCCCCCCCCCCCCCCC(=O)OC(COC(=O)CCCCCCCCCCCCCCCCCCCCCCCCCCCCCCCCCCC)COP(=O)(O)OCCN. The van der Waals surface area contributed by atoms with E-state index in [-0.39, 0.29) is 38.6 Å². The Balaban J connectivity index is 3.77. The molecule has 0 bridgehead atoms. The van der Waals surface area contributed by atoms with Crippen molar-refractivity contribution < 1.29 is 37.6 Å². The lowest BCUT2D eigenvalue weighted by Crippen LogP contribution is -2.29. The summed E-state index contributed by atoms with van der Waals surface area (Å²) in [6.45, 7) is 3.83. The van der Waals surface area contributed by atoms with E-state index in [1.807, 2.05) is 0 Å². The van der Waals surface area contributed by atoms with E-state index in [0.29, 0.717) is 6.42 Å². The fourth-order valence-electron chi connectivity index (χ4n) is 11.7. The van der Waals surface area contributed by atoms with E-state index < -0.39 is 26.5 Å². The van der Waals surface area contributed by atoms with Gasteiger partial charge in [0, 0.05) is 19.4 Å². The number of rotatable bonds is 73. The quantitative estimate of drug-likeness (QED) is 0.0264. The van der Waals surface area contributed by atoms with Gasteiger partial charge in [0.25, 0.3) is 0 Å². The minimum atomic E-state index is -4.39. The van der Waals surface area contributed by atoms with E-state index in [1.165, 1.54) is 340 Å². The molecular weight excluding hydrogens is 1070 g/mol. The normalized spacial score (nSPS) is 12.9. The van der Waals surface area contributed by atoms with Crippen molar-refractivity contribution >= 4 is 19.8 Å². The third kappa shape index (κ3) is 71.4. The zero-order valence-corrected chi connectivity index (χ0v) is 57.8. The molecule has 0 amide bonds. The summed E-state index contributed by atoms with van der Waals surface area (Å²) in [5.41, 5.74) is 5.41. The van der Waals surface area contributed by atoms with Crippen molar-refractivity contribution in [1.29, 1.82) is 0 Å². The molecular formula is C75H146NO8P. The minimum absolute atomic E-state index is 0.0571. The fourth-order valence-corrected chi connectivity index (χ4v) is 12.5. The Bertz CT molecular complexity index is 1440. The van der Waals surface area contributed by atoms with Gasteiger partial charge in [0.15, 0.2) is 6.10 Å². The number of ether oxygens (including phenoxy) is 2. The van der Waals surface area contributed by atoms with E-state index in [0.717, 1.165) is 38.5 Å². The number of phosphoric ester groups is 1. The summed E-state index contributed by atoms with van der Waals surface area (Å²) >= 11 is 0. The Hall–Kier alpha value is -1.51. The van der Waals surface area contributed by atoms with E-state index in [2.05, 4.69) is 38.2 Å². The van der Waals surface area contributed by atoms with Crippen LogP contribution >= 0.6 is 7.82 Å². The largest absolute Gasteiger partial charge is 0.472 e. The molecule has 2 unspecified atom stereocenters. The number of carbonyl (C=O) groups excluding carboxylic acids is 2. The predicted octanol–water partition coefficient (Wildman–Crippen LogP) is 24.9. The highest BCUT2D eigenvalue weighted by Gasteiger charge is 2.26. The molecule has 0 aliphatic rings. The van der Waals surface area contributed by atoms with E-state index in [4.69, 9.17) is 24.3 Å². The molecule has 0 rings (SSSR count). The van der Waals surface area contributed by atoms with Gasteiger partial charge >= 0.3 is 19.8 Å². The maximum atomic E-state index is 12.8. The van der Waals surface area contributed by atoms with Crippen LogP contribution in [0.4, 0.5) is 0 Å². The van der Waals surface area contributed by atoms with Crippen LogP contribution in [-0.2, 0) is 32.7 Å². The van der Waals surface area contributed by atoms with Gasteiger partial charge in [-0.25, -0.2) is 4.57 Å². The van der Waals surface area contributed by atoms with Gasteiger partial charge in [-0.05, 0) is 44.9 Å². The number of allylic oxidation sites excluding steroid dienone is 4. The molecule has 0 aliphatic heterocycles. The van der Waals surface area contributed by atoms with Crippen LogP contribution in [0, 0.1) is 0 Å². The molecule has 9 nitrogen and oxygen atoms in total. The van der Waals surface area contributed by atoms with Crippen LogP contribution in [0.3, 0.4) is 0 Å². The van der Waals surface area contributed by atoms with Crippen molar-refractivity contribution in [2.45, 2.75) is 418 Å². The van der Waals surface area contributed by atoms with Gasteiger partial charge in [-0.2, -0.15) is 0 Å². The summed E-state index contributed by atoms with van der Waals surface area (Å²) in [7, 11) is -4.39. The smallest absolute Gasteiger partial charge is 0.462 e. The molecule has 504 valence electrons. The van der Waals surface area contributed by atoms with Crippen molar-refractivity contribution in [1.82, 2.24) is 0 Å². The van der Waals surface area contributed by atoms with Gasteiger partial charge in [0.05, 0.1) is 13.2 Å². The monoisotopic (exact) mass is 1220 g/mol. The molecule has 0 spiro atoms. The molecule has 0 fully saturated rings. The first-order valence-corrected chi connectivity index (χ1v) is 39.3. The van der Waals surface area contributed by atoms with E-state index in [1.54, 1.807) is 0 Å². The summed E-state index contributed by atoms with van der Waals surface area (Å²) in [6.07, 6.45) is 88.8. The Morgan fingerprint density at radius 1 is 0.353 bits per heavy atom. The average Bonchev–Trinajstić information content (AvgIpc) is 3.52. The van der Waals surface area contributed by atoms with Crippen molar-refractivity contribution in [2.75, 3.05) is 26.4 Å². The van der Waals surface area contributed by atoms with Gasteiger partial charge in [-0.1, -0.05) is 378 Å². The first kappa shape index (κ1) is 83.5. The molecule has 85 heavy (non-hydrogen) atoms. The highest BCUT2D eigenvalue weighted by atomic mass is 31.2. The molecule has 0 radical (unpaired) electrons. The lowest BCUT2D eigenvalue weighted by Gasteiger charge is -2.19. The molecule has 3 N–H and O–H groups in total. The zero-order chi connectivity index (χ0) is 61.6. The third-order valence-corrected chi connectivity index (χ3v) is 18.3. The molecule has 0 aromatic rings. The van der Waals surface area contributed by atoms with Gasteiger partial charge in [0.2, 0.25) is 0 Å². The number of hydrogen-bond donors (Lipinski definition) is 2. The van der Waals surface area contributed by atoms with Gasteiger partial charge < -0.3 is 20.1 Å². The average molecular weight is 1220 g/mol. The van der Waals surface area contributed by atoms with Gasteiger partial charge in [0.1, 0.15) is 6.61 Å². The number of unbranched alkanes of at least 4 members (excludes halogenated alkanes) is 56. The Morgan fingerprint density at radius 3 is 0.894 bits per heavy atom. The summed E-state index contributed by atoms with van der Waals surface area (Å²) in [4.78, 5) is 35.4. The molecule has 0 aromatic carbocycles. The van der Waals surface area contributed by atoms with Crippen LogP contribution in [0.1, 0.15) is 412 Å². The standard InChI is InChI=1S/C75H146NO8P/c1-3-5-7-9-11-13-15-17-19-21-23-25-27-29-31-33-35-36-38-39-41-43-45-47-49-51-53-55-57-59-61-63-65-67-74(77)81-71-73(72-83-85(79,80)82-70-69-76)84-75(78)68-66-64-62-60-58-56-54-52-50-48-46-44-42-40-37-34-32-30-28-26-24-22-20-18-16-14-12-10-8-6-4-2/h16,18,22,24,73H,3-15,17,19-21,23,25-72,76H2,1-2H3,(H,79,80)/b18-16-,24-22-. The van der Waals surface area contributed by atoms with Gasteiger partial charge in [-0.3, -0.25) is 18.6 Å². The number of carbonyl (C=O) groups is 2. The second-order valence-electron chi connectivity index (χ2n) is 25.9. The number of nitrogens with two attached hydrogens (primary N) is 1. The predicted molar refractivity (Wildman–Crippen MR) is 368 cm³/mol. The Labute approximate surface area is 529 Å². The van der Waals surface area contributed by atoms with Crippen molar-refractivity contribution in [2.24, 2.45) is 5.73 Å². The van der Waals surface area contributed by atoms with Crippen LogP contribution in [-0.4, -0.2) is 49.3 Å².